The highest BCUT2D eigenvalue weighted by Crippen LogP contribution is 2.05. The first-order chi connectivity index (χ1) is 20.1. The van der Waals surface area contributed by atoms with Crippen molar-refractivity contribution < 1.29 is 33.9 Å². The normalized spacial score (nSPS) is 15.1. The standard InChI is InChI=1S/C26H50N10O7/c1-15(32-25(43)21(16(2)38)35-23(41)18(27)10-11-20(28)39)22(40)34-19(9-7-12-31-26(29)30)24(42)33-17(14-37)8-5-6-13-36(3)4/h14-19,21,38H,5-13,27H2,1-4H3,(H2,28,39)(H,32,43)(H,33,42)(H,34,40)(H,35,41)(H4,29,30,31)/t15-,16+,17-,18-,19-,21-/m0/s1. The van der Waals surface area contributed by atoms with E-state index in [1.807, 2.05) is 19.0 Å². The third-order valence-electron chi connectivity index (χ3n) is 6.29. The maximum absolute atomic E-state index is 13.1. The molecule has 0 heterocycles. The Labute approximate surface area is 252 Å². The van der Waals surface area contributed by atoms with Gasteiger partial charge in [0.2, 0.25) is 29.5 Å². The van der Waals surface area contributed by atoms with Crippen LogP contribution in [0.15, 0.2) is 4.99 Å². The van der Waals surface area contributed by atoms with Crippen LogP contribution in [-0.2, 0) is 28.8 Å². The summed E-state index contributed by atoms with van der Waals surface area (Å²) >= 11 is 0. The molecule has 0 rings (SSSR count). The summed E-state index contributed by atoms with van der Waals surface area (Å²) < 4.78 is 0. The van der Waals surface area contributed by atoms with E-state index < -0.39 is 65.8 Å². The van der Waals surface area contributed by atoms with Crippen LogP contribution in [-0.4, -0.2) is 115 Å². The van der Waals surface area contributed by atoms with Crippen molar-refractivity contribution in [2.45, 2.75) is 95.1 Å². The van der Waals surface area contributed by atoms with Crippen molar-refractivity contribution in [3.8, 4) is 0 Å². The predicted molar refractivity (Wildman–Crippen MR) is 160 cm³/mol. The molecule has 43 heavy (non-hydrogen) atoms. The van der Waals surface area contributed by atoms with E-state index in [2.05, 4.69) is 26.3 Å². The largest absolute Gasteiger partial charge is 0.391 e. The molecule has 17 heteroatoms. The lowest BCUT2D eigenvalue weighted by molar-refractivity contribution is -0.135. The SMILES string of the molecule is C[C@H](NC(=O)[C@@H](NC(=O)[C@@H](N)CCC(N)=O)[C@@H](C)O)C(=O)N[C@@H](CCCN=C(N)N)C(=O)N[C@H](C=O)CCCCN(C)C. The number of carbonyl (C=O) groups is 6. The molecule has 5 amide bonds. The minimum atomic E-state index is -1.47. The van der Waals surface area contributed by atoms with Crippen LogP contribution in [0.4, 0.5) is 0 Å². The molecule has 0 fully saturated rings. The lowest BCUT2D eigenvalue weighted by atomic mass is 10.1. The second kappa shape index (κ2) is 21.0. The van der Waals surface area contributed by atoms with Gasteiger partial charge in [0.25, 0.3) is 0 Å². The molecule has 0 aliphatic carbocycles. The monoisotopic (exact) mass is 614 g/mol. The molecule has 0 unspecified atom stereocenters. The summed E-state index contributed by atoms with van der Waals surface area (Å²) in [6.45, 7) is 3.62. The van der Waals surface area contributed by atoms with E-state index in [0.29, 0.717) is 25.5 Å². The van der Waals surface area contributed by atoms with Crippen LogP contribution in [0.2, 0.25) is 0 Å². The van der Waals surface area contributed by atoms with Crippen molar-refractivity contribution in [2.75, 3.05) is 27.2 Å². The average Bonchev–Trinajstić information content (AvgIpc) is 2.92. The quantitative estimate of drug-likeness (QED) is 0.0244. The highest BCUT2D eigenvalue weighted by Gasteiger charge is 2.31. The molecule has 0 saturated heterocycles. The summed E-state index contributed by atoms with van der Waals surface area (Å²) in [5.41, 5.74) is 21.5. The van der Waals surface area contributed by atoms with Crippen molar-refractivity contribution in [3.05, 3.63) is 0 Å². The second-order valence-corrected chi connectivity index (χ2v) is 10.6. The van der Waals surface area contributed by atoms with Crippen molar-refractivity contribution in [1.82, 2.24) is 26.2 Å². The first-order valence-corrected chi connectivity index (χ1v) is 14.2. The minimum absolute atomic E-state index is 0.0677. The van der Waals surface area contributed by atoms with Gasteiger partial charge < -0.3 is 59.0 Å². The van der Waals surface area contributed by atoms with E-state index >= 15 is 0 Å². The van der Waals surface area contributed by atoms with Crippen LogP contribution >= 0.6 is 0 Å². The molecule has 246 valence electrons. The third-order valence-corrected chi connectivity index (χ3v) is 6.29. The number of hydrogen-bond donors (Lipinski definition) is 9. The van der Waals surface area contributed by atoms with Gasteiger partial charge in [-0.15, -0.1) is 0 Å². The van der Waals surface area contributed by atoms with Crippen LogP contribution in [0, 0.1) is 0 Å². The summed E-state index contributed by atoms with van der Waals surface area (Å²) in [6, 6.07) is -5.67. The highest BCUT2D eigenvalue weighted by molar-refractivity contribution is 5.95. The molecular weight excluding hydrogens is 564 g/mol. The molecule has 0 aromatic rings. The summed E-state index contributed by atoms with van der Waals surface area (Å²) in [5, 5.41) is 20.0. The van der Waals surface area contributed by atoms with Gasteiger partial charge in [-0.2, -0.15) is 0 Å². The number of aliphatic imine (C=N–C) groups is 1. The first-order valence-electron chi connectivity index (χ1n) is 14.2. The molecule has 6 atom stereocenters. The fourth-order valence-corrected chi connectivity index (χ4v) is 3.78. The number of aliphatic hydroxyl groups excluding tert-OH is 1. The molecule has 0 aliphatic heterocycles. The molecule has 0 aliphatic rings. The van der Waals surface area contributed by atoms with Crippen molar-refractivity contribution >= 4 is 41.8 Å². The lowest BCUT2D eigenvalue weighted by Crippen LogP contribution is -2.59. The fraction of sp³-hybridized carbons (Fsp3) is 0.731. The molecule has 0 aromatic carbocycles. The first kappa shape index (κ1) is 39.2. The number of aldehydes is 1. The summed E-state index contributed by atoms with van der Waals surface area (Å²) in [4.78, 5) is 79.6. The number of aliphatic hydroxyl groups is 1. The van der Waals surface area contributed by atoms with Crippen molar-refractivity contribution in [1.29, 1.82) is 0 Å². The molecule has 0 spiro atoms. The smallest absolute Gasteiger partial charge is 0.245 e. The van der Waals surface area contributed by atoms with Gasteiger partial charge >= 0.3 is 0 Å². The Balaban J connectivity index is 5.39. The van der Waals surface area contributed by atoms with Gasteiger partial charge in [-0.3, -0.25) is 29.0 Å². The number of nitrogens with zero attached hydrogens (tertiary/aromatic N) is 2. The van der Waals surface area contributed by atoms with E-state index in [-0.39, 0.29) is 31.8 Å². The average molecular weight is 615 g/mol. The number of rotatable bonds is 22. The number of nitrogens with two attached hydrogens (primary N) is 4. The van der Waals surface area contributed by atoms with Crippen molar-refractivity contribution in [3.63, 3.8) is 0 Å². The van der Waals surface area contributed by atoms with Crippen LogP contribution in [0.3, 0.4) is 0 Å². The van der Waals surface area contributed by atoms with Gasteiger partial charge in [0.15, 0.2) is 5.96 Å². The molecule has 0 bridgehead atoms. The highest BCUT2D eigenvalue weighted by atomic mass is 16.3. The Kier molecular flexibility index (Phi) is 19.1. The maximum atomic E-state index is 13.1. The minimum Gasteiger partial charge on any atom is -0.391 e. The Bertz CT molecular complexity index is 957. The Morgan fingerprint density at radius 1 is 0.837 bits per heavy atom. The van der Waals surface area contributed by atoms with Gasteiger partial charge in [-0.05, 0) is 73.0 Å². The molecule has 0 saturated carbocycles. The number of guanidine groups is 1. The van der Waals surface area contributed by atoms with Crippen LogP contribution in [0.25, 0.3) is 0 Å². The summed E-state index contributed by atoms with van der Waals surface area (Å²) in [7, 11) is 3.87. The van der Waals surface area contributed by atoms with Crippen molar-refractivity contribution in [2.24, 2.45) is 27.9 Å². The van der Waals surface area contributed by atoms with Gasteiger partial charge in [0.05, 0.1) is 18.2 Å². The Morgan fingerprint density at radius 2 is 1.49 bits per heavy atom. The van der Waals surface area contributed by atoms with Crippen LogP contribution in [0.1, 0.15) is 58.8 Å². The zero-order valence-electron chi connectivity index (χ0n) is 25.5. The van der Waals surface area contributed by atoms with E-state index in [1.165, 1.54) is 13.8 Å². The zero-order valence-corrected chi connectivity index (χ0v) is 25.5. The van der Waals surface area contributed by atoms with E-state index in [4.69, 9.17) is 22.9 Å². The second-order valence-electron chi connectivity index (χ2n) is 10.6. The van der Waals surface area contributed by atoms with Gasteiger partial charge in [0, 0.05) is 13.0 Å². The van der Waals surface area contributed by atoms with Gasteiger partial charge in [-0.1, -0.05) is 0 Å². The Hall–Kier alpha value is -3.83. The summed E-state index contributed by atoms with van der Waals surface area (Å²) in [6.07, 6.45) is 1.44. The number of carbonyl (C=O) groups excluding carboxylic acids is 6. The van der Waals surface area contributed by atoms with Gasteiger partial charge in [-0.25, -0.2) is 0 Å². The summed E-state index contributed by atoms with van der Waals surface area (Å²) in [5.74, 6) is -3.81. The number of amides is 5. The number of unbranched alkanes of at least 4 members (excludes halogenated alkanes) is 1. The lowest BCUT2D eigenvalue weighted by Gasteiger charge is -2.26. The predicted octanol–water partition coefficient (Wildman–Crippen LogP) is -4.10. The molecule has 0 radical (unpaired) electrons. The van der Waals surface area contributed by atoms with Crippen LogP contribution < -0.4 is 44.2 Å². The number of primary amides is 1. The number of hydrogen-bond acceptors (Lipinski definition) is 10. The topological polar surface area (TPSA) is 290 Å². The third kappa shape index (κ3) is 17.7. The molecular formula is C26H50N10O7. The van der Waals surface area contributed by atoms with E-state index in [9.17, 15) is 33.9 Å². The molecule has 13 N–H and O–H groups in total. The fourth-order valence-electron chi connectivity index (χ4n) is 3.78. The van der Waals surface area contributed by atoms with Gasteiger partial charge in [0.1, 0.15) is 24.4 Å². The number of nitrogens with one attached hydrogen (secondary N) is 4. The van der Waals surface area contributed by atoms with Crippen LogP contribution in [0.5, 0.6) is 0 Å². The molecule has 0 aromatic heterocycles. The maximum Gasteiger partial charge on any atom is 0.245 e. The van der Waals surface area contributed by atoms with E-state index in [1.54, 1.807) is 0 Å². The zero-order chi connectivity index (χ0) is 33.1. The van der Waals surface area contributed by atoms with E-state index in [0.717, 1.165) is 13.0 Å². The Morgan fingerprint density at radius 3 is 2.02 bits per heavy atom. The molecule has 17 nitrogen and oxygen atoms in total.